The van der Waals surface area contributed by atoms with Crippen molar-refractivity contribution in [3.05, 3.63) is 11.4 Å². The van der Waals surface area contributed by atoms with Crippen molar-refractivity contribution in [3.8, 4) is 0 Å². The number of aromatic nitrogens is 2. The molecule has 20 heavy (non-hydrogen) atoms. The average Bonchev–Trinajstić information content (AvgIpc) is 2.35. The van der Waals surface area contributed by atoms with Crippen LogP contribution in [0, 0.1) is 6.92 Å². The number of hydrogen-bond donors (Lipinski definition) is 3. The first-order valence-electron chi connectivity index (χ1n) is 7.44. The van der Waals surface area contributed by atoms with Crippen LogP contribution in [0.2, 0.25) is 0 Å². The van der Waals surface area contributed by atoms with Crippen molar-refractivity contribution in [3.63, 3.8) is 0 Å². The van der Waals surface area contributed by atoms with Crippen molar-refractivity contribution in [2.24, 2.45) is 0 Å². The van der Waals surface area contributed by atoms with Crippen molar-refractivity contribution in [1.29, 1.82) is 0 Å². The highest BCUT2D eigenvalue weighted by Gasteiger charge is 2.20. The number of nitrogens with zero attached hydrogens (tertiary/aromatic N) is 2. The molecule has 3 N–H and O–H groups in total. The Hall–Kier alpha value is -1.36. The Balaban J connectivity index is 3.09. The maximum atomic E-state index is 9.14. The highest BCUT2D eigenvalue weighted by Crippen LogP contribution is 2.24. The molecule has 1 aromatic rings. The second kappa shape index (κ2) is 7.43. The monoisotopic (exact) mass is 280 g/mol. The highest BCUT2D eigenvalue weighted by atomic mass is 16.3. The third-order valence-corrected chi connectivity index (χ3v) is 3.20. The smallest absolute Gasteiger partial charge is 0.135 e. The molecule has 0 fully saturated rings. The van der Waals surface area contributed by atoms with E-state index >= 15 is 0 Å². The molecule has 0 amide bonds. The van der Waals surface area contributed by atoms with E-state index in [0.717, 1.165) is 42.4 Å². The molecular formula is C15H28N4O. The molecule has 0 unspecified atom stereocenters. The van der Waals surface area contributed by atoms with Crippen molar-refractivity contribution in [2.75, 3.05) is 23.8 Å². The summed E-state index contributed by atoms with van der Waals surface area (Å²) in [4.78, 5) is 9.21. The van der Waals surface area contributed by atoms with Crippen LogP contribution >= 0.6 is 0 Å². The number of anilines is 2. The van der Waals surface area contributed by atoms with Crippen LogP contribution < -0.4 is 10.6 Å². The number of hydrogen-bond acceptors (Lipinski definition) is 5. The lowest BCUT2D eigenvalue weighted by atomic mass is 10.0. The van der Waals surface area contributed by atoms with E-state index in [4.69, 9.17) is 5.11 Å². The summed E-state index contributed by atoms with van der Waals surface area (Å²) in [6.07, 6.45) is 2.57. The molecule has 0 radical (unpaired) electrons. The third-order valence-electron chi connectivity index (χ3n) is 3.20. The van der Waals surface area contributed by atoms with Gasteiger partial charge in [-0.1, -0.05) is 6.92 Å². The average molecular weight is 280 g/mol. The fraction of sp³-hybridized carbons (Fsp3) is 0.733. The molecule has 5 nitrogen and oxygen atoms in total. The minimum absolute atomic E-state index is 0.159. The predicted molar refractivity (Wildman–Crippen MR) is 84.3 cm³/mol. The molecule has 0 aliphatic rings. The van der Waals surface area contributed by atoms with Crippen LogP contribution in [0.4, 0.5) is 11.6 Å². The minimum Gasteiger partial charge on any atom is -0.396 e. The van der Waals surface area contributed by atoms with Gasteiger partial charge in [0.25, 0.3) is 0 Å². The van der Waals surface area contributed by atoms with Crippen LogP contribution in [-0.2, 0) is 6.42 Å². The standard InChI is InChI=1S/C15H28N4O/c1-6-8-12-17-13(16-7-2)11(3)14(18-12)19-15(4,5)9-10-20/h20H,6-10H2,1-5H3,(H2,16,17,18,19). The molecule has 0 aliphatic carbocycles. The van der Waals surface area contributed by atoms with Gasteiger partial charge in [0.05, 0.1) is 0 Å². The van der Waals surface area contributed by atoms with E-state index < -0.39 is 0 Å². The van der Waals surface area contributed by atoms with Crippen molar-refractivity contribution < 1.29 is 5.11 Å². The predicted octanol–water partition coefficient (Wildman–Crippen LogP) is 2.74. The normalized spacial score (nSPS) is 11.5. The summed E-state index contributed by atoms with van der Waals surface area (Å²) in [5.41, 5.74) is 0.832. The van der Waals surface area contributed by atoms with Crippen LogP contribution in [0.25, 0.3) is 0 Å². The van der Waals surface area contributed by atoms with E-state index in [1.807, 2.05) is 6.92 Å². The molecule has 5 heteroatoms. The third kappa shape index (κ3) is 4.63. The van der Waals surface area contributed by atoms with Gasteiger partial charge in [-0.15, -0.1) is 0 Å². The molecule has 0 aliphatic heterocycles. The van der Waals surface area contributed by atoms with Crippen molar-refractivity contribution in [2.45, 2.75) is 59.4 Å². The van der Waals surface area contributed by atoms with Crippen LogP contribution in [0.15, 0.2) is 0 Å². The lowest BCUT2D eigenvalue weighted by molar-refractivity contribution is 0.260. The topological polar surface area (TPSA) is 70.1 Å². The Labute approximate surface area is 122 Å². The van der Waals surface area contributed by atoms with Gasteiger partial charge in [0.15, 0.2) is 0 Å². The zero-order valence-electron chi connectivity index (χ0n) is 13.4. The fourth-order valence-corrected chi connectivity index (χ4v) is 2.02. The van der Waals surface area contributed by atoms with E-state index in [-0.39, 0.29) is 12.1 Å². The Bertz CT molecular complexity index is 432. The Morgan fingerprint density at radius 1 is 1.15 bits per heavy atom. The summed E-state index contributed by atoms with van der Waals surface area (Å²) in [6.45, 7) is 11.3. The maximum absolute atomic E-state index is 9.14. The summed E-state index contributed by atoms with van der Waals surface area (Å²) in [7, 11) is 0. The van der Waals surface area contributed by atoms with Gasteiger partial charge in [-0.3, -0.25) is 0 Å². The second-order valence-electron chi connectivity index (χ2n) is 5.72. The van der Waals surface area contributed by atoms with Crippen LogP contribution in [0.3, 0.4) is 0 Å². The summed E-state index contributed by atoms with van der Waals surface area (Å²) < 4.78 is 0. The first-order chi connectivity index (χ1) is 9.43. The minimum atomic E-state index is -0.194. The summed E-state index contributed by atoms with van der Waals surface area (Å²) in [5, 5.41) is 15.9. The molecule has 1 heterocycles. The highest BCUT2D eigenvalue weighted by molar-refractivity contribution is 5.58. The van der Waals surface area contributed by atoms with E-state index in [0.29, 0.717) is 6.42 Å². The van der Waals surface area contributed by atoms with E-state index in [9.17, 15) is 0 Å². The molecule has 0 spiro atoms. The number of aryl methyl sites for hydroxylation is 1. The Kier molecular flexibility index (Phi) is 6.20. The van der Waals surface area contributed by atoms with Crippen molar-refractivity contribution >= 4 is 11.6 Å². The van der Waals surface area contributed by atoms with E-state index in [1.165, 1.54) is 0 Å². The van der Waals surface area contributed by atoms with Gasteiger partial charge in [0.2, 0.25) is 0 Å². The van der Waals surface area contributed by atoms with Gasteiger partial charge in [-0.2, -0.15) is 0 Å². The molecule has 0 saturated carbocycles. The Morgan fingerprint density at radius 3 is 2.35 bits per heavy atom. The summed E-state index contributed by atoms with van der Waals surface area (Å²) in [5.74, 6) is 2.61. The lowest BCUT2D eigenvalue weighted by Crippen LogP contribution is -2.33. The number of aliphatic hydroxyl groups excluding tert-OH is 1. The van der Waals surface area contributed by atoms with Gasteiger partial charge < -0.3 is 15.7 Å². The number of nitrogens with one attached hydrogen (secondary N) is 2. The van der Waals surface area contributed by atoms with Gasteiger partial charge in [0, 0.05) is 30.7 Å². The summed E-state index contributed by atoms with van der Waals surface area (Å²) >= 11 is 0. The maximum Gasteiger partial charge on any atom is 0.135 e. The first kappa shape index (κ1) is 16.7. The van der Waals surface area contributed by atoms with Gasteiger partial charge >= 0.3 is 0 Å². The van der Waals surface area contributed by atoms with Gasteiger partial charge in [0.1, 0.15) is 17.5 Å². The second-order valence-corrected chi connectivity index (χ2v) is 5.72. The zero-order chi connectivity index (χ0) is 15.2. The first-order valence-corrected chi connectivity index (χ1v) is 7.44. The molecule has 0 saturated heterocycles. The molecule has 0 bridgehead atoms. The zero-order valence-corrected chi connectivity index (χ0v) is 13.4. The van der Waals surface area contributed by atoms with E-state index in [2.05, 4.69) is 48.3 Å². The summed E-state index contributed by atoms with van der Waals surface area (Å²) in [6, 6.07) is 0. The molecular weight excluding hydrogens is 252 g/mol. The van der Waals surface area contributed by atoms with Crippen LogP contribution in [-0.4, -0.2) is 33.8 Å². The van der Waals surface area contributed by atoms with Crippen molar-refractivity contribution in [1.82, 2.24) is 9.97 Å². The lowest BCUT2D eigenvalue weighted by Gasteiger charge is -2.27. The number of rotatable bonds is 8. The molecule has 114 valence electrons. The molecule has 1 aromatic heterocycles. The van der Waals surface area contributed by atoms with Crippen LogP contribution in [0.1, 0.15) is 51.9 Å². The van der Waals surface area contributed by atoms with Gasteiger partial charge in [-0.05, 0) is 40.5 Å². The fourth-order valence-electron chi connectivity index (χ4n) is 2.02. The molecule has 1 rings (SSSR count). The van der Waals surface area contributed by atoms with E-state index in [1.54, 1.807) is 0 Å². The quantitative estimate of drug-likeness (QED) is 0.683. The molecule has 0 aromatic carbocycles. The molecule has 0 atom stereocenters. The largest absolute Gasteiger partial charge is 0.396 e. The SMILES string of the molecule is CCCc1nc(NCC)c(C)c(NC(C)(C)CCO)n1. The Morgan fingerprint density at radius 2 is 1.80 bits per heavy atom. The number of aliphatic hydroxyl groups is 1. The van der Waals surface area contributed by atoms with Crippen LogP contribution in [0.5, 0.6) is 0 Å². The van der Waals surface area contributed by atoms with Gasteiger partial charge in [-0.25, -0.2) is 9.97 Å².